The third-order valence-electron chi connectivity index (χ3n) is 3.86. The highest BCUT2D eigenvalue weighted by Gasteiger charge is 2.14. The first-order chi connectivity index (χ1) is 14.4. The number of aldehydes is 1. The summed E-state index contributed by atoms with van der Waals surface area (Å²) in [6.45, 7) is 0.482. The van der Waals surface area contributed by atoms with Crippen LogP contribution >= 0.6 is 23.2 Å². The van der Waals surface area contributed by atoms with Gasteiger partial charge in [0, 0.05) is 24.4 Å². The SMILES string of the molecule is N#CCOC(C=O)CNc1ccc(CCN=Nc2c(Cl)cc([N+](=O)[O-])cc2Cl)cc1. The van der Waals surface area contributed by atoms with Gasteiger partial charge in [-0.2, -0.15) is 15.5 Å². The molecule has 1 atom stereocenters. The maximum atomic E-state index is 10.9. The summed E-state index contributed by atoms with van der Waals surface area (Å²) >= 11 is 12.0. The van der Waals surface area contributed by atoms with E-state index >= 15 is 0 Å². The number of nitrogens with zero attached hydrogens (tertiary/aromatic N) is 4. The van der Waals surface area contributed by atoms with E-state index in [9.17, 15) is 14.9 Å². The molecule has 0 amide bonds. The number of anilines is 1. The van der Waals surface area contributed by atoms with Crippen molar-refractivity contribution in [1.82, 2.24) is 0 Å². The van der Waals surface area contributed by atoms with Crippen LogP contribution in [0.3, 0.4) is 0 Å². The summed E-state index contributed by atoms with van der Waals surface area (Å²) in [5.41, 5.74) is 1.78. The van der Waals surface area contributed by atoms with Crippen molar-refractivity contribution in [1.29, 1.82) is 5.26 Å². The first-order valence-corrected chi connectivity index (χ1v) is 9.47. The molecule has 1 unspecified atom stereocenters. The zero-order valence-corrected chi connectivity index (χ0v) is 17.1. The Labute approximate surface area is 182 Å². The van der Waals surface area contributed by atoms with Crippen LogP contribution in [-0.2, 0) is 16.0 Å². The summed E-state index contributed by atoms with van der Waals surface area (Å²) < 4.78 is 5.06. The second-order valence-electron chi connectivity index (χ2n) is 5.95. The van der Waals surface area contributed by atoms with E-state index in [1.165, 1.54) is 12.1 Å². The lowest BCUT2D eigenvalue weighted by atomic mass is 10.1. The Morgan fingerprint density at radius 1 is 1.27 bits per heavy atom. The Hall–Kier alpha value is -3.06. The maximum absolute atomic E-state index is 10.9. The number of benzene rings is 2. The topological polar surface area (TPSA) is 130 Å². The van der Waals surface area contributed by atoms with Crippen LogP contribution < -0.4 is 5.32 Å². The fourth-order valence-electron chi connectivity index (χ4n) is 2.35. The summed E-state index contributed by atoms with van der Waals surface area (Å²) in [7, 11) is 0. The second kappa shape index (κ2) is 11.8. The molecule has 0 aliphatic carbocycles. The van der Waals surface area contributed by atoms with E-state index in [0.29, 0.717) is 19.3 Å². The number of rotatable bonds is 11. The van der Waals surface area contributed by atoms with Gasteiger partial charge < -0.3 is 14.8 Å². The Morgan fingerprint density at radius 3 is 2.50 bits per heavy atom. The van der Waals surface area contributed by atoms with Gasteiger partial charge in [-0.05, 0) is 24.1 Å². The lowest BCUT2D eigenvalue weighted by molar-refractivity contribution is -0.384. The van der Waals surface area contributed by atoms with Gasteiger partial charge in [0.1, 0.15) is 18.4 Å². The molecule has 0 aromatic heterocycles. The van der Waals surface area contributed by atoms with Crippen LogP contribution in [0.25, 0.3) is 0 Å². The van der Waals surface area contributed by atoms with Crippen molar-refractivity contribution in [2.45, 2.75) is 12.5 Å². The van der Waals surface area contributed by atoms with Crippen LogP contribution in [0.4, 0.5) is 17.1 Å². The zero-order valence-electron chi connectivity index (χ0n) is 15.6. The van der Waals surface area contributed by atoms with Gasteiger partial charge in [0.2, 0.25) is 0 Å². The van der Waals surface area contributed by atoms with E-state index in [0.717, 1.165) is 11.3 Å². The Kier molecular flexibility index (Phi) is 9.15. The predicted octanol–water partition coefficient (Wildman–Crippen LogP) is 4.75. The molecule has 9 nitrogen and oxygen atoms in total. The third kappa shape index (κ3) is 7.08. The number of nitriles is 1. The van der Waals surface area contributed by atoms with Gasteiger partial charge in [-0.15, -0.1) is 0 Å². The molecule has 0 heterocycles. The standard InChI is InChI=1S/C19H17Cl2N5O4/c20-17-9-15(26(28)29)10-18(21)19(17)25-24-7-5-13-1-3-14(4-2-13)23-11-16(12-27)30-8-6-22/h1-4,9-10,12,16,23H,5,7-8,11H2. The number of azo groups is 1. The zero-order chi connectivity index (χ0) is 21.9. The van der Waals surface area contributed by atoms with Gasteiger partial charge >= 0.3 is 0 Å². The summed E-state index contributed by atoms with van der Waals surface area (Å²) in [4.78, 5) is 21.1. The van der Waals surface area contributed by atoms with Crippen molar-refractivity contribution in [2.24, 2.45) is 10.2 Å². The number of nitro groups is 1. The van der Waals surface area contributed by atoms with Gasteiger partial charge in [-0.25, -0.2) is 0 Å². The maximum Gasteiger partial charge on any atom is 0.272 e. The highest BCUT2D eigenvalue weighted by Crippen LogP contribution is 2.37. The highest BCUT2D eigenvalue weighted by atomic mass is 35.5. The van der Waals surface area contributed by atoms with Crippen LogP contribution in [0.5, 0.6) is 0 Å². The number of hydrogen-bond donors (Lipinski definition) is 1. The van der Waals surface area contributed by atoms with Crippen molar-refractivity contribution in [3.8, 4) is 6.07 Å². The van der Waals surface area contributed by atoms with E-state index in [-0.39, 0.29) is 34.6 Å². The predicted molar refractivity (Wildman–Crippen MR) is 113 cm³/mol. The number of carbonyl (C=O) groups is 1. The fourth-order valence-corrected chi connectivity index (χ4v) is 2.90. The van der Waals surface area contributed by atoms with Crippen LogP contribution in [0.15, 0.2) is 46.6 Å². The normalized spacial score (nSPS) is 11.8. The Bertz CT molecular complexity index is 937. The molecule has 0 radical (unpaired) electrons. The largest absolute Gasteiger partial charge is 0.382 e. The van der Waals surface area contributed by atoms with Crippen molar-refractivity contribution in [3.05, 3.63) is 62.1 Å². The summed E-state index contributed by atoms with van der Waals surface area (Å²) in [5.74, 6) is 0. The number of hydrogen-bond acceptors (Lipinski definition) is 8. The molecule has 2 aromatic carbocycles. The number of non-ortho nitro benzene ring substituents is 1. The average molecular weight is 450 g/mol. The monoisotopic (exact) mass is 449 g/mol. The fraction of sp³-hybridized carbons (Fsp3) is 0.263. The minimum Gasteiger partial charge on any atom is -0.382 e. The summed E-state index contributed by atoms with van der Waals surface area (Å²) in [6.07, 6.45) is 0.560. The van der Waals surface area contributed by atoms with Crippen LogP contribution in [0.1, 0.15) is 5.56 Å². The quantitative estimate of drug-likeness (QED) is 0.228. The van der Waals surface area contributed by atoms with Crippen LogP contribution in [0, 0.1) is 21.4 Å². The van der Waals surface area contributed by atoms with E-state index in [2.05, 4.69) is 15.5 Å². The molecule has 156 valence electrons. The molecular formula is C19H17Cl2N5O4. The first kappa shape index (κ1) is 23.2. The van der Waals surface area contributed by atoms with Crippen LogP contribution in [0.2, 0.25) is 10.0 Å². The van der Waals surface area contributed by atoms with E-state index in [4.69, 9.17) is 33.2 Å². The number of carbonyl (C=O) groups excluding carboxylic acids is 1. The molecule has 2 rings (SSSR count). The average Bonchev–Trinajstić information content (AvgIpc) is 2.73. The molecule has 0 saturated carbocycles. The van der Waals surface area contributed by atoms with Gasteiger partial charge in [0.15, 0.2) is 6.29 Å². The minimum atomic E-state index is -0.692. The molecular weight excluding hydrogens is 433 g/mol. The molecule has 0 spiro atoms. The van der Waals surface area contributed by atoms with Gasteiger partial charge in [-0.3, -0.25) is 10.1 Å². The molecule has 0 saturated heterocycles. The third-order valence-corrected chi connectivity index (χ3v) is 4.43. The molecule has 0 fully saturated rings. The smallest absolute Gasteiger partial charge is 0.272 e. The number of ether oxygens (including phenoxy) is 1. The lowest BCUT2D eigenvalue weighted by Gasteiger charge is -2.12. The van der Waals surface area contributed by atoms with Gasteiger partial charge in [0.05, 0.1) is 27.6 Å². The number of nitrogens with one attached hydrogen (secondary N) is 1. The minimum absolute atomic E-state index is 0.0563. The second-order valence-corrected chi connectivity index (χ2v) is 6.77. The molecule has 1 N–H and O–H groups in total. The number of halogens is 2. The Balaban J connectivity index is 1.86. The van der Waals surface area contributed by atoms with Crippen molar-refractivity contribution < 1.29 is 14.5 Å². The molecule has 0 aliphatic heterocycles. The van der Waals surface area contributed by atoms with Crippen molar-refractivity contribution in [2.75, 3.05) is 25.0 Å². The summed E-state index contributed by atoms with van der Waals surface area (Å²) in [6, 6.07) is 11.7. The molecule has 11 heteroatoms. The van der Waals surface area contributed by atoms with E-state index in [1.807, 2.05) is 30.3 Å². The van der Waals surface area contributed by atoms with Gasteiger partial charge in [-0.1, -0.05) is 35.3 Å². The van der Waals surface area contributed by atoms with E-state index in [1.54, 1.807) is 0 Å². The van der Waals surface area contributed by atoms with Gasteiger partial charge in [0.25, 0.3) is 5.69 Å². The molecule has 2 aromatic rings. The molecule has 0 aliphatic rings. The molecule has 30 heavy (non-hydrogen) atoms. The number of nitro benzene ring substituents is 1. The lowest BCUT2D eigenvalue weighted by Crippen LogP contribution is -2.24. The molecule has 0 bridgehead atoms. The van der Waals surface area contributed by atoms with E-state index < -0.39 is 11.0 Å². The Morgan fingerprint density at radius 2 is 1.93 bits per heavy atom. The summed E-state index contributed by atoms with van der Waals surface area (Å²) in [5, 5.41) is 30.5. The van der Waals surface area contributed by atoms with Crippen LogP contribution in [-0.4, -0.2) is 37.0 Å². The first-order valence-electron chi connectivity index (χ1n) is 8.72. The van der Waals surface area contributed by atoms with Crippen molar-refractivity contribution in [3.63, 3.8) is 0 Å². The van der Waals surface area contributed by atoms with Crippen molar-refractivity contribution >= 4 is 46.6 Å². The highest BCUT2D eigenvalue weighted by molar-refractivity contribution is 6.39.